The smallest absolute Gasteiger partial charge is 0.325 e. The number of sulfonamides is 1. The van der Waals surface area contributed by atoms with Crippen molar-refractivity contribution in [3.05, 3.63) is 87.7 Å². The first-order chi connectivity index (χ1) is 17.8. The molecule has 1 amide bonds. The average molecular weight is 556 g/mol. The van der Waals surface area contributed by atoms with Crippen LogP contribution < -0.4 is 9.11 Å². The lowest BCUT2D eigenvalue weighted by molar-refractivity contribution is -0.141. The number of fused-ring (bicyclic) bond motifs is 2. The molecule has 0 N–H and O–H groups in total. The Morgan fingerprint density at radius 3 is 2.59 bits per heavy atom. The van der Waals surface area contributed by atoms with Crippen molar-refractivity contribution in [2.75, 3.05) is 18.0 Å². The minimum absolute atomic E-state index is 0.0954. The van der Waals surface area contributed by atoms with Crippen molar-refractivity contribution >= 4 is 60.7 Å². The zero-order valence-corrected chi connectivity index (χ0v) is 22.1. The monoisotopic (exact) mass is 555 g/mol. The molecule has 0 saturated heterocycles. The summed E-state index contributed by atoms with van der Waals surface area (Å²) in [6.07, 6.45) is 1.56. The van der Waals surface area contributed by atoms with E-state index < -0.39 is 21.9 Å². The fraction of sp³-hybridized carbons (Fsp3) is 0.192. The lowest BCUT2D eigenvalue weighted by Gasteiger charge is -2.30. The Balaban J connectivity index is 1.47. The first-order valence-electron chi connectivity index (χ1n) is 11.4. The van der Waals surface area contributed by atoms with E-state index in [1.807, 2.05) is 24.3 Å². The predicted octanol–water partition coefficient (Wildman–Crippen LogP) is 4.41. The number of anilines is 1. The third kappa shape index (κ3) is 4.92. The third-order valence-corrected chi connectivity index (χ3v) is 9.22. The van der Waals surface area contributed by atoms with Crippen LogP contribution in [0.1, 0.15) is 22.3 Å². The van der Waals surface area contributed by atoms with Crippen LogP contribution in [0.3, 0.4) is 0 Å². The number of thiazole rings is 1. The molecule has 0 aliphatic carbocycles. The molecule has 1 aliphatic rings. The molecule has 8 nitrogen and oxygen atoms in total. The van der Waals surface area contributed by atoms with E-state index in [4.69, 9.17) is 16.3 Å². The molecular formula is C26H22ClN3O5S2. The van der Waals surface area contributed by atoms with E-state index in [1.165, 1.54) is 47.0 Å². The van der Waals surface area contributed by atoms with Crippen molar-refractivity contribution in [2.45, 2.75) is 24.3 Å². The number of aromatic nitrogens is 1. The third-order valence-electron chi connectivity index (χ3n) is 6.11. The highest BCUT2D eigenvalue weighted by Gasteiger charge is 2.29. The SMILES string of the molecule is COC(=O)Cn1c(=NC(=O)c2ccc(S(=O)(=O)N3CCCc4ccccc43)cc2)sc2cc(Cl)ccc21. The number of rotatable bonds is 5. The molecule has 0 unspecified atom stereocenters. The average Bonchev–Trinajstić information content (AvgIpc) is 3.23. The van der Waals surface area contributed by atoms with Crippen molar-refractivity contribution in [2.24, 2.45) is 4.99 Å². The number of benzene rings is 3. The van der Waals surface area contributed by atoms with Crippen molar-refractivity contribution in [3.8, 4) is 0 Å². The maximum Gasteiger partial charge on any atom is 0.325 e. The molecule has 11 heteroatoms. The summed E-state index contributed by atoms with van der Waals surface area (Å²) in [7, 11) is -2.51. The molecule has 0 radical (unpaired) electrons. The molecule has 190 valence electrons. The van der Waals surface area contributed by atoms with Gasteiger partial charge in [0.05, 0.1) is 27.9 Å². The molecule has 0 spiro atoms. The molecular weight excluding hydrogens is 534 g/mol. The van der Waals surface area contributed by atoms with Crippen LogP contribution in [0.5, 0.6) is 0 Å². The Labute approximate surface area is 222 Å². The van der Waals surface area contributed by atoms with Crippen LogP contribution in [0.25, 0.3) is 10.2 Å². The molecule has 5 rings (SSSR count). The molecule has 3 aromatic carbocycles. The molecule has 0 bridgehead atoms. The van der Waals surface area contributed by atoms with Crippen LogP contribution in [0.15, 0.2) is 76.6 Å². The number of halogens is 1. The summed E-state index contributed by atoms with van der Waals surface area (Å²) in [6.45, 7) is 0.268. The van der Waals surface area contributed by atoms with Gasteiger partial charge < -0.3 is 9.30 Å². The molecule has 0 saturated carbocycles. The molecule has 0 fully saturated rings. The van der Waals surface area contributed by atoms with Crippen molar-refractivity contribution in [1.82, 2.24) is 4.57 Å². The number of para-hydroxylation sites is 1. The number of aryl methyl sites for hydroxylation is 1. The minimum Gasteiger partial charge on any atom is -0.468 e. The highest BCUT2D eigenvalue weighted by atomic mass is 35.5. The largest absolute Gasteiger partial charge is 0.468 e. The summed E-state index contributed by atoms with van der Waals surface area (Å²) in [4.78, 5) is 29.6. The number of hydrogen-bond donors (Lipinski definition) is 0. The second kappa shape index (κ2) is 10.1. The summed E-state index contributed by atoms with van der Waals surface area (Å²) < 4.78 is 35.3. The number of nitrogens with zero attached hydrogens (tertiary/aromatic N) is 3. The number of esters is 1. The molecule has 4 aromatic rings. The summed E-state index contributed by atoms with van der Waals surface area (Å²) in [5.41, 5.74) is 2.59. The van der Waals surface area contributed by atoms with Gasteiger partial charge in [0, 0.05) is 17.1 Å². The number of carbonyl (C=O) groups excluding carboxylic acids is 2. The van der Waals surface area contributed by atoms with Gasteiger partial charge in [-0.05, 0) is 66.9 Å². The topological polar surface area (TPSA) is 98.0 Å². The molecule has 2 heterocycles. The van der Waals surface area contributed by atoms with Crippen LogP contribution in [0.4, 0.5) is 5.69 Å². The zero-order chi connectivity index (χ0) is 26.2. The molecule has 37 heavy (non-hydrogen) atoms. The standard InChI is InChI=1S/C26H22ClN3O5S2/c1-35-24(31)16-29-22-13-10-19(27)15-23(22)36-26(29)28-25(32)18-8-11-20(12-9-18)37(33,34)30-14-4-6-17-5-2-3-7-21(17)30/h2-3,5,7-13,15H,4,6,14,16H2,1H3. The zero-order valence-electron chi connectivity index (χ0n) is 19.8. The van der Waals surface area contributed by atoms with Crippen molar-refractivity contribution < 1.29 is 22.7 Å². The summed E-state index contributed by atoms with van der Waals surface area (Å²) >= 11 is 7.32. The van der Waals surface area contributed by atoms with Crippen LogP contribution in [-0.4, -0.2) is 38.5 Å². The fourth-order valence-electron chi connectivity index (χ4n) is 4.28. The lowest BCUT2D eigenvalue weighted by Crippen LogP contribution is -2.35. The van der Waals surface area contributed by atoms with Gasteiger partial charge in [-0.25, -0.2) is 8.42 Å². The number of hydrogen-bond acceptors (Lipinski definition) is 6. The van der Waals surface area contributed by atoms with E-state index >= 15 is 0 Å². The maximum atomic E-state index is 13.4. The Bertz CT molecular complexity index is 1690. The Kier molecular flexibility index (Phi) is 6.89. The van der Waals surface area contributed by atoms with E-state index in [9.17, 15) is 18.0 Å². The number of ether oxygens (including phenoxy) is 1. The van der Waals surface area contributed by atoms with Gasteiger partial charge >= 0.3 is 5.97 Å². The molecule has 0 atom stereocenters. The van der Waals surface area contributed by atoms with Gasteiger partial charge in [-0.3, -0.25) is 13.9 Å². The van der Waals surface area contributed by atoms with Gasteiger partial charge in [-0.2, -0.15) is 4.99 Å². The van der Waals surface area contributed by atoms with Gasteiger partial charge in [0.1, 0.15) is 6.54 Å². The summed E-state index contributed by atoms with van der Waals surface area (Å²) in [6, 6.07) is 18.4. The van der Waals surface area contributed by atoms with Crippen molar-refractivity contribution in [1.29, 1.82) is 0 Å². The van der Waals surface area contributed by atoms with Crippen LogP contribution in [-0.2, 0) is 32.5 Å². The van der Waals surface area contributed by atoms with Crippen LogP contribution >= 0.6 is 22.9 Å². The van der Waals surface area contributed by atoms with E-state index in [-0.39, 0.29) is 17.0 Å². The fourth-order valence-corrected chi connectivity index (χ4v) is 7.12. The minimum atomic E-state index is -3.80. The predicted molar refractivity (Wildman–Crippen MR) is 142 cm³/mol. The Morgan fingerprint density at radius 2 is 1.84 bits per heavy atom. The van der Waals surface area contributed by atoms with Crippen LogP contribution in [0, 0.1) is 0 Å². The molecule has 1 aliphatic heterocycles. The second-order valence-corrected chi connectivity index (χ2v) is 11.7. The van der Waals surface area contributed by atoms with E-state index in [0.29, 0.717) is 27.6 Å². The number of carbonyl (C=O) groups is 2. The Hall–Kier alpha value is -3.47. The summed E-state index contributed by atoms with van der Waals surface area (Å²) in [5, 5.41) is 0.518. The molecule has 1 aromatic heterocycles. The second-order valence-electron chi connectivity index (χ2n) is 8.41. The van der Waals surface area contributed by atoms with Gasteiger partial charge in [0.25, 0.3) is 15.9 Å². The highest BCUT2D eigenvalue weighted by Crippen LogP contribution is 2.32. The van der Waals surface area contributed by atoms with Crippen LogP contribution in [0.2, 0.25) is 5.02 Å². The van der Waals surface area contributed by atoms with Gasteiger partial charge in [-0.1, -0.05) is 41.1 Å². The first-order valence-corrected chi connectivity index (χ1v) is 14.1. The van der Waals surface area contributed by atoms with E-state index in [0.717, 1.165) is 23.1 Å². The summed E-state index contributed by atoms with van der Waals surface area (Å²) in [5.74, 6) is -1.05. The van der Waals surface area contributed by atoms with Crippen molar-refractivity contribution in [3.63, 3.8) is 0 Å². The quantitative estimate of drug-likeness (QED) is 0.340. The number of amides is 1. The first kappa shape index (κ1) is 25.2. The maximum absolute atomic E-state index is 13.4. The van der Waals surface area contributed by atoms with Gasteiger partial charge in [-0.15, -0.1) is 0 Å². The van der Waals surface area contributed by atoms with E-state index in [1.54, 1.807) is 22.8 Å². The number of methoxy groups -OCH3 is 1. The Morgan fingerprint density at radius 1 is 1.08 bits per heavy atom. The van der Waals surface area contributed by atoms with Gasteiger partial charge in [0.15, 0.2) is 4.80 Å². The van der Waals surface area contributed by atoms with Gasteiger partial charge in [0.2, 0.25) is 0 Å². The highest BCUT2D eigenvalue weighted by molar-refractivity contribution is 7.92. The van der Waals surface area contributed by atoms with E-state index in [2.05, 4.69) is 4.99 Å². The normalized spacial score (nSPS) is 14.0. The lowest BCUT2D eigenvalue weighted by atomic mass is 10.0.